The van der Waals surface area contributed by atoms with Crippen LogP contribution in [0, 0.1) is 6.92 Å². The average molecular weight is 345 g/mol. The summed E-state index contributed by atoms with van der Waals surface area (Å²) >= 11 is 6.15. The molecule has 3 aromatic rings. The van der Waals surface area contributed by atoms with Gasteiger partial charge in [0.2, 0.25) is 0 Å². The van der Waals surface area contributed by atoms with E-state index in [0.717, 1.165) is 28.3 Å². The van der Waals surface area contributed by atoms with E-state index in [0.29, 0.717) is 11.5 Å². The molecule has 1 aromatic heterocycles. The van der Waals surface area contributed by atoms with E-state index in [1.54, 1.807) is 24.3 Å². The number of phenolic OH excluding ortho intramolecular Hbond substituents is 1. The Kier molecular flexibility index (Phi) is 4.71. The minimum absolute atomic E-state index is 0.0928. The summed E-state index contributed by atoms with van der Waals surface area (Å²) in [5, 5.41) is 18.5. The van der Waals surface area contributed by atoms with Crippen LogP contribution in [0.25, 0.3) is 11.5 Å². The van der Waals surface area contributed by atoms with E-state index in [1.165, 1.54) is 0 Å². The maximum absolute atomic E-state index is 9.83. The highest BCUT2D eigenvalue weighted by Gasteiger charge is 2.13. The molecule has 2 aromatic carbocycles. The highest BCUT2D eigenvalue weighted by atomic mass is 35.5. The number of hydrogen-bond acceptors (Lipinski definition) is 5. The highest BCUT2D eigenvalue weighted by molar-refractivity contribution is 6.31. The number of aromatic nitrogens is 2. The van der Waals surface area contributed by atoms with Crippen molar-refractivity contribution in [3.05, 3.63) is 58.4 Å². The van der Waals surface area contributed by atoms with Crippen LogP contribution in [0.15, 0.2) is 40.8 Å². The smallest absolute Gasteiger partial charge is 0.254 e. The molecule has 0 amide bonds. The van der Waals surface area contributed by atoms with Gasteiger partial charge < -0.3 is 14.3 Å². The maximum atomic E-state index is 9.83. The quantitative estimate of drug-likeness (QED) is 0.735. The van der Waals surface area contributed by atoms with Crippen LogP contribution in [0.3, 0.4) is 0 Å². The fourth-order valence-electron chi connectivity index (χ4n) is 2.32. The maximum Gasteiger partial charge on any atom is 0.254 e. The van der Waals surface area contributed by atoms with Crippen LogP contribution in [0.2, 0.25) is 5.02 Å². The molecular weight excluding hydrogens is 328 g/mol. The molecule has 0 fully saturated rings. The minimum atomic E-state index is 0.0928. The Hall–Kier alpha value is -2.53. The number of nitrogens with zero attached hydrogens (tertiary/aromatic N) is 2. The lowest BCUT2D eigenvalue weighted by Crippen LogP contribution is -1.99. The fourth-order valence-corrected chi connectivity index (χ4v) is 2.51. The molecule has 6 heteroatoms. The molecule has 0 unspecified atom stereocenters. The number of phenols is 1. The summed E-state index contributed by atoms with van der Waals surface area (Å²) in [5.74, 6) is 1.44. The zero-order valence-electron chi connectivity index (χ0n) is 13.4. The molecule has 1 N–H and O–H groups in total. The number of rotatable bonds is 5. The lowest BCUT2D eigenvalue weighted by atomic mass is 10.1. The first kappa shape index (κ1) is 16.3. The van der Waals surface area contributed by atoms with Crippen LogP contribution in [0.4, 0.5) is 0 Å². The van der Waals surface area contributed by atoms with Gasteiger partial charge in [-0.15, -0.1) is 10.2 Å². The molecular formula is C18H17ClN2O3. The third-order valence-electron chi connectivity index (χ3n) is 3.68. The monoisotopic (exact) mass is 344 g/mol. The molecule has 0 atom stereocenters. The second-order valence-electron chi connectivity index (χ2n) is 5.37. The molecule has 0 aliphatic rings. The molecule has 0 radical (unpaired) electrons. The van der Waals surface area contributed by atoms with Crippen molar-refractivity contribution in [3.63, 3.8) is 0 Å². The van der Waals surface area contributed by atoms with Crippen LogP contribution in [-0.2, 0) is 13.0 Å². The van der Waals surface area contributed by atoms with Crippen LogP contribution in [0.5, 0.6) is 11.5 Å². The van der Waals surface area contributed by atoms with Crippen molar-refractivity contribution in [2.24, 2.45) is 0 Å². The zero-order valence-corrected chi connectivity index (χ0v) is 14.2. The van der Waals surface area contributed by atoms with Crippen molar-refractivity contribution in [3.8, 4) is 23.0 Å². The lowest BCUT2D eigenvalue weighted by molar-refractivity contribution is 0.262. The number of aromatic hydroxyl groups is 1. The van der Waals surface area contributed by atoms with Gasteiger partial charge in [0.25, 0.3) is 11.8 Å². The normalized spacial score (nSPS) is 10.8. The Labute approximate surface area is 144 Å². The minimum Gasteiger partial charge on any atom is -0.507 e. The van der Waals surface area contributed by atoms with Crippen LogP contribution in [-0.4, -0.2) is 15.3 Å². The van der Waals surface area contributed by atoms with Gasteiger partial charge in [-0.3, -0.25) is 0 Å². The molecule has 124 valence electrons. The first-order valence-electron chi connectivity index (χ1n) is 7.61. The average Bonchev–Trinajstić information content (AvgIpc) is 3.04. The molecule has 0 spiro atoms. The Balaban J connectivity index is 1.77. The van der Waals surface area contributed by atoms with Crippen LogP contribution >= 0.6 is 11.6 Å². The van der Waals surface area contributed by atoms with E-state index in [-0.39, 0.29) is 18.2 Å². The molecule has 0 aliphatic heterocycles. The summed E-state index contributed by atoms with van der Waals surface area (Å²) in [6.07, 6.45) is 0.808. The zero-order chi connectivity index (χ0) is 17.1. The van der Waals surface area contributed by atoms with Gasteiger partial charge in [0, 0.05) is 5.02 Å². The first-order valence-corrected chi connectivity index (χ1v) is 7.99. The molecule has 1 heterocycles. The van der Waals surface area contributed by atoms with Crippen molar-refractivity contribution in [1.82, 2.24) is 10.2 Å². The van der Waals surface area contributed by atoms with E-state index < -0.39 is 0 Å². The largest absolute Gasteiger partial charge is 0.507 e. The summed E-state index contributed by atoms with van der Waals surface area (Å²) in [5.41, 5.74) is 2.46. The SMILES string of the molecule is CCc1cc(Cl)c(C)cc1OCc1nnc(-c2ccccc2O)o1. The van der Waals surface area contributed by atoms with Gasteiger partial charge in [-0.05, 0) is 48.7 Å². The molecule has 24 heavy (non-hydrogen) atoms. The number of para-hydroxylation sites is 1. The Bertz CT molecular complexity index is 861. The molecule has 3 rings (SSSR count). The molecule has 0 saturated heterocycles. The third-order valence-corrected chi connectivity index (χ3v) is 4.08. The van der Waals surface area contributed by atoms with Crippen molar-refractivity contribution in [2.45, 2.75) is 26.9 Å². The van der Waals surface area contributed by atoms with Crippen LogP contribution < -0.4 is 4.74 Å². The summed E-state index contributed by atoms with van der Waals surface area (Å²) in [7, 11) is 0. The Morgan fingerprint density at radius 3 is 2.75 bits per heavy atom. The number of hydrogen-bond donors (Lipinski definition) is 1. The predicted octanol–water partition coefficient (Wildman–Crippen LogP) is 4.55. The number of aryl methyl sites for hydroxylation is 2. The van der Waals surface area contributed by atoms with Crippen molar-refractivity contribution < 1.29 is 14.3 Å². The number of benzene rings is 2. The summed E-state index contributed by atoms with van der Waals surface area (Å²) in [4.78, 5) is 0. The molecule has 0 saturated carbocycles. The van der Waals surface area contributed by atoms with E-state index in [4.69, 9.17) is 20.8 Å². The summed E-state index contributed by atoms with van der Waals surface area (Å²) in [6.45, 7) is 4.11. The van der Waals surface area contributed by atoms with Crippen LogP contribution in [0.1, 0.15) is 23.9 Å². The van der Waals surface area contributed by atoms with Crippen molar-refractivity contribution >= 4 is 11.6 Å². The number of ether oxygens (including phenoxy) is 1. The van der Waals surface area contributed by atoms with Gasteiger partial charge in [0.15, 0.2) is 6.61 Å². The first-order chi connectivity index (χ1) is 11.6. The summed E-state index contributed by atoms with van der Waals surface area (Å²) < 4.78 is 11.4. The Morgan fingerprint density at radius 1 is 1.21 bits per heavy atom. The molecule has 0 aliphatic carbocycles. The fraction of sp³-hybridized carbons (Fsp3) is 0.222. The van der Waals surface area contributed by atoms with Gasteiger partial charge in [-0.1, -0.05) is 30.7 Å². The van der Waals surface area contributed by atoms with Gasteiger partial charge >= 0.3 is 0 Å². The highest BCUT2D eigenvalue weighted by Crippen LogP contribution is 2.29. The van der Waals surface area contributed by atoms with Gasteiger partial charge in [-0.2, -0.15) is 0 Å². The van der Waals surface area contributed by atoms with E-state index in [1.807, 2.05) is 26.0 Å². The van der Waals surface area contributed by atoms with E-state index in [9.17, 15) is 5.11 Å². The second kappa shape index (κ2) is 6.93. The Morgan fingerprint density at radius 2 is 2.00 bits per heavy atom. The second-order valence-corrected chi connectivity index (χ2v) is 5.78. The number of halogens is 1. The van der Waals surface area contributed by atoms with E-state index >= 15 is 0 Å². The van der Waals surface area contributed by atoms with Gasteiger partial charge in [0.1, 0.15) is 11.5 Å². The van der Waals surface area contributed by atoms with Gasteiger partial charge in [-0.25, -0.2) is 0 Å². The third kappa shape index (κ3) is 3.36. The predicted molar refractivity (Wildman–Crippen MR) is 91.3 cm³/mol. The van der Waals surface area contributed by atoms with Crippen molar-refractivity contribution in [2.75, 3.05) is 0 Å². The van der Waals surface area contributed by atoms with E-state index in [2.05, 4.69) is 10.2 Å². The molecule has 5 nitrogen and oxygen atoms in total. The van der Waals surface area contributed by atoms with Crippen molar-refractivity contribution in [1.29, 1.82) is 0 Å². The summed E-state index contributed by atoms with van der Waals surface area (Å²) in [6, 6.07) is 10.6. The lowest BCUT2D eigenvalue weighted by Gasteiger charge is -2.11. The molecule has 0 bridgehead atoms. The standard InChI is InChI=1S/C18H17ClN2O3/c1-3-12-9-14(19)11(2)8-16(12)23-10-17-20-21-18(24-17)13-6-4-5-7-15(13)22/h4-9,22H,3,10H2,1-2H3. The van der Waals surface area contributed by atoms with Gasteiger partial charge in [0.05, 0.1) is 5.56 Å². The topological polar surface area (TPSA) is 68.4 Å².